The smallest absolute Gasteiger partial charge is 0.318 e. The van der Waals surface area contributed by atoms with Gasteiger partial charge in [0.15, 0.2) is 0 Å². The maximum Gasteiger partial charge on any atom is 0.318 e. The Labute approximate surface area is 155 Å². The van der Waals surface area contributed by atoms with Crippen LogP contribution in [0.15, 0.2) is 0 Å². The van der Waals surface area contributed by atoms with E-state index in [4.69, 9.17) is 9.47 Å². The summed E-state index contributed by atoms with van der Waals surface area (Å²) < 4.78 is 10.3. The second-order valence-corrected chi connectivity index (χ2v) is 7.86. The van der Waals surface area contributed by atoms with Gasteiger partial charge in [-0.15, -0.1) is 0 Å². The van der Waals surface area contributed by atoms with Crippen LogP contribution in [0.25, 0.3) is 0 Å². The second-order valence-electron chi connectivity index (χ2n) is 4.85. The number of carbonyl (C=O) groups excluding carboxylic acids is 2. The van der Waals surface area contributed by atoms with Crippen molar-refractivity contribution in [2.45, 2.75) is 66.6 Å². The summed E-state index contributed by atoms with van der Waals surface area (Å²) in [6.07, 6.45) is 6.61. The van der Waals surface area contributed by atoms with Gasteiger partial charge in [0.05, 0.1) is 13.2 Å². The van der Waals surface area contributed by atoms with E-state index in [0.717, 1.165) is 44.9 Å². The average molecular weight is 524 g/mol. The van der Waals surface area contributed by atoms with E-state index < -0.39 is 0 Å². The van der Waals surface area contributed by atoms with Crippen LogP contribution in [0.5, 0.6) is 0 Å². The number of hydrogen-bond donors (Lipinski definition) is 0. The molecule has 0 fully saturated rings. The monoisotopic (exact) mass is 524 g/mol. The molecule has 0 amide bonds. The van der Waals surface area contributed by atoms with Crippen molar-refractivity contribution in [1.29, 1.82) is 0 Å². The molecule has 0 N–H and O–H groups in total. The van der Waals surface area contributed by atoms with Gasteiger partial charge in [-0.1, -0.05) is 78.3 Å². The third-order valence-electron chi connectivity index (χ3n) is 3.01. The highest BCUT2D eigenvalue weighted by Crippen LogP contribution is 2.10. The lowest BCUT2D eigenvalue weighted by Gasteiger charge is -2.09. The minimum absolute atomic E-state index is 0.0258. The van der Waals surface area contributed by atoms with E-state index in [1.54, 1.807) is 0 Å². The summed E-state index contributed by atoms with van der Waals surface area (Å²) in [6, 6.07) is 0. The summed E-state index contributed by atoms with van der Waals surface area (Å²) in [4.78, 5) is 22.8. The standard InChI is InChI=1S/C15H26I2O4/c1-3-12(16)14(18)20-10-8-6-5-7-9-11-21-15(19)13(17)4-2/h12-13H,3-11H2,1-2H3. The minimum Gasteiger partial charge on any atom is -0.465 e. The highest BCUT2D eigenvalue weighted by atomic mass is 127. The fourth-order valence-electron chi connectivity index (χ4n) is 1.59. The maximum absolute atomic E-state index is 11.4. The number of halogens is 2. The average Bonchev–Trinajstić information content (AvgIpc) is 2.50. The Kier molecular flexibility index (Phi) is 14.3. The molecule has 0 bridgehead atoms. The Morgan fingerprint density at radius 3 is 1.43 bits per heavy atom. The van der Waals surface area contributed by atoms with Gasteiger partial charge in [0.2, 0.25) is 0 Å². The molecule has 0 aromatic rings. The molecular formula is C15H26I2O4. The van der Waals surface area contributed by atoms with E-state index in [1.807, 2.05) is 13.8 Å². The van der Waals surface area contributed by atoms with Gasteiger partial charge in [-0.05, 0) is 25.7 Å². The van der Waals surface area contributed by atoms with Crippen molar-refractivity contribution in [2.75, 3.05) is 13.2 Å². The predicted octanol–water partition coefficient (Wildman–Crippen LogP) is 4.45. The Hall–Kier alpha value is 0.400. The highest BCUT2D eigenvalue weighted by molar-refractivity contribution is 14.1. The molecule has 0 heterocycles. The van der Waals surface area contributed by atoms with Crippen molar-refractivity contribution in [3.63, 3.8) is 0 Å². The lowest BCUT2D eigenvalue weighted by atomic mass is 10.1. The molecule has 0 aliphatic carbocycles. The quantitative estimate of drug-likeness (QED) is 0.164. The van der Waals surface area contributed by atoms with E-state index in [9.17, 15) is 9.59 Å². The largest absolute Gasteiger partial charge is 0.465 e. The first kappa shape index (κ1) is 21.4. The van der Waals surface area contributed by atoms with Crippen LogP contribution in [0, 0.1) is 0 Å². The summed E-state index contributed by atoms with van der Waals surface area (Å²) in [5.41, 5.74) is 0. The summed E-state index contributed by atoms with van der Waals surface area (Å²) in [6.45, 7) is 4.98. The van der Waals surface area contributed by atoms with Gasteiger partial charge < -0.3 is 9.47 Å². The molecule has 0 aromatic carbocycles. The van der Waals surface area contributed by atoms with Crippen LogP contribution in [-0.4, -0.2) is 33.0 Å². The molecule has 2 atom stereocenters. The summed E-state index contributed by atoms with van der Waals surface area (Å²) >= 11 is 4.22. The molecule has 0 radical (unpaired) electrons. The lowest BCUT2D eigenvalue weighted by Crippen LogP contribution is -2.17. The highest BCUT2D eigenvalue weighted by Gasteiger charge is 2.13. The van der Waals surface area contributed by atoms with Crippen LogP contribution in [-0.2, 0) is 19.1 Å². The molecule has 0 saturated carbocycles. The molecule has 0 spiro atoms. The molecule has 124 valence electrons. The zero-order valence-electron chi connectivity index (χ0n) is 12.9. The molecular weight excluding hydrogens is 498 g/mol. The first-order chi connectivity index (χ1) is 10.0. The number of rotatable bonds is 12. The van der Waals surface area contributed by atoms with Crippen molar-refractivity contribution in [1.82, 2.24) is 0 Å². The number of unbranched alkanes of at least 4 members (excludes halogenated alkanes) is 4. The number of esters is 2. The Morgan fingerprint density at radius 2 is 1.10 bits per heavy atom. The SMILES string of the molecule is CCC(I)C(=O)OCCCCCCCOC(=O)C(I)CC. The molecule has 4 nitrogen and oxygen atoms in total. The summed E-state index contributed by atoms with van der Waals surface area (Å²) in [5.74, 6) is -0.205. The number of carbonyl (C=O) groups is 2. The second kappa shape index (κ2) is 14.0. The van der Waals surface area contributed by atoms with Gasteiger partial charge >= 0.3 is 11.9 Å². The fraction of sp³-hybridized carbons (Fsp3) is 0.867. The first-order valence-corrected chi connectivity index (χ1v) is 10.1. The third kappa shape index (κ3) is 11.6. The summed E-state index contributed by atoms with van der Waals surface area (Å²) in [5, 5.41) is 0. The molecule has 0 rings (SSSR count). The zero-order chi connectivity index (χ0) is 16.1. The zero-order valence-corrected chi connectivity index (χ0v) is 17.2. The van der Waals surface area contributed by atoms with Crippen molar-refractivity contribution < 1.29 is 19.1 Å². The molecule has 0 aliphatic rings. The van der Waals surface area contributed by atoms with Gasteiger partial charge in [0.1, 0.15) is 7.85 Å². The van der Waals surface area contributed by atoms with Gasteiger partial charge in [-0.25, -0.2) is 0 Å². The predicted molar refractivity (Wildman–Crippen MR) is 101 cm³/mol. The van der Waals surface area contributed by atoms with E-state index in [2.05, 4.69) is 45.2 Å². The van der Waals surface area contributed by atoms with Crippen molar-refractivity contribution in [3.8, 4) is 0 Å². The lowest BCUT2D eigenvalue weighted by molar-refractivity contribution is -0.143. The number of alkyl halides is 2. The Balaban J connectivity index is 3.34. The van der Waals surface area contributed by atoms with Crippen molar-refractivity contribution >= 4 is 57.1 Å². The van der Waals surface area contributed by atoms with Gasteiger partial charge in [-0.2, -0.15) is 0 Å². The van der Waals surface area contributed by atoms with E-state index >= 15 is 0 Å². The fourth-order valence-corrected chi connectivity index (χ4v) is 1.95. The van der Waals surface area contributed by atoms with E-state index in [-0.39, 0.29) is 19.8 Å². The molecule has 6 heteroatoms. The normalized spacial score (nSPS) is 13.5. The first-order valence-electron chi connectivity index (χ1n) is 7.64. The van der Waals surface area contributed by atoms with Crippen molar-refractivity contribution in [3.05, 3.63) is 0 Å². The van der Waals surface area contributed by atoms with E-state index in [0.29, 0.717) is 13.2 Å². The topological polar surface area (TPSA) is 52.6 Å². The van der Waals surface area contributed by atoms with Crippen LogP contribution in [0.3, 0.4) is 0 Å². The van der Waals surface area contributed by atoms with Crippen LogP contribution >= 0.6 is 45.2 Å². The minimum atomic E-state index is -0.103. The van der Waals surface area contributed by atoms with Gasteiger partial charge in [0, 0.05) is 0 Å². The van der Waals surface area contributed by atoms with Crippen molar-refractivity contribution in [2.24, 2.45) is 0 Å². The van der Waals surface area contributed by atoms with Crippen LogP contribution in [0.2, 0.25) is 0 Å². The van der Waals surface area contributed by atoms with Gasteiger partial charge in [-0.3, -0.25) is 9.59 Å². The van der Waals surface area contributed by atoms with E-state index in [1.165, 1.54) is 0 Å². The molecule has 2 unspecified atom stereocenters. The van der Waals surface area contributed by atoms with Crippen LogP contribution in [0.1, 0.15) is 58.8 Å². The maximum atomic E-state index is 11.4. The Morgan fingerprint density at radius 1 is 0.762 bits per heavy atom. The molecule has 0 saturated heterocycles. The van der Waals surface area contributed by atoms with Crippen LogP contribution < -0.4 is 0 Å². The van der Waals surface area contributed by atoms with Crippen LogP contribution in [0.4, 0.5) is 0 Å². The number of ether oxygens (including phenoxy) is 2. The summed E-state index contributed by atoms with van der Waals surface area (Å²) in [7, 11) is 0. The molecule has 0 aliphatic heterocycles. The molecule has 0 aromatic heterocycles. The molecule has 21 heavy (non-hydrogen) atoms. The third-order valence-corrected chi connectivity index (χ3v) is 5.78. The van der Waals surface area contributed by atoms with Gasteiger partial charge in [0.25, 0.3) is 0 Å². The number of hydrogen-bond acceptors (Lipinski definition) is 4. The Bertz CT molecular complexity index is 269.